The minimum Gasteiger partial charge on any atom is -0.357 e. The van der Waals surface area contributed by atoms with Gasteiger partial charge in [0.25, 0.3) is 0 Å². The first-order valence-electron chi connectivity index (χ1n) is 9.91. The number of hydrogen-bond donors (Lipinski definition) is 3. The van der Waals surface area contributed by atoms with E-state index >= 15 is 0 Å². The van der Waals surface area contributed by atoms with Gasteiger partial charge in [0.2, 0.25) is 5.91 Å². The highest BCUT2D eigenvalue weighted by Gasteiger charge is 2.26. The Morgan fingerprint density at radius 3 is 2.36 bits per heavy atom. The smallest absolute Gasteiger partial charge is 0.227 e. The maximum absolute atomic E-state index is 12.1. The SMILES string of the molecule is CCNC(=O)C(C)(C)CN=C(NCC)NCCCN1CCC(C)CC1. The van der Waals surface area contributed by atoms with Crippen LogP contribution < -0.4 is 16.0 Å². The second kappa shape index (κ2) is 11.3. The molecule has 25 heavy (non-hydrogen) atoms. The predicted molar refractivity (Wildman–Crippen MR) is 106 cm³/mol. The Bertz CT molecular complexity index is 414. The van der Waals surface area contributed by atoms with E-state index < -0.39 is 5.41 Å². The Labute approximate surface area is 154 Å². The highest BCUT2D eigenvalue weighted by atomic mass is 16.2. The van der Waals surface area contributed by atoms with E-state index in [-0.39, 0.29) is 5.91 Å². The van der Waals surface area contributed by atoms with Crippen molar-refractivity contribution in [1.29, 1.82) is 0 Å². The molecule has 1 rings (SSSR count). The Hall–Kier alpha value is -1.30. The van der Waals surface area contributed by atoms with Gasteiger partial charge in [-0.05, 0) is 72.5 Å². The Balaban J connectivity index is 2.36. The topological polar surface area (TPSA) is 68.8 Å². The van der Waals surface area contributed by atoms with Gasteiger partial charge < -0.3 is 20.9 Å². The Morgan fingerprint density at radius 1 is 1.12 bits per heavy atom. The monoisotopic (exact) mass is 353 g/mol. The number of piperidine rings is 1. The van der Waals surface area contributed by atoms with Crippen molar-refractivity contribution in [3.05, 3.63) is 0 Å². The zero-order valence-electron chi connectivity index (χ0n) is 17.0. The van der Waals surface area contributed by atoms with E-state index in [4.69, 9.17) is 0 Å². The molecule has 0 atom stereocenters. The zero-order valence-corrected chi connectivity index (χ0v) is 17.0. The lowest BCUT2D eigenvalue weighted by atomic mass is 9.92. The average molecular weight is 354 g/mol. The van der Waals surface area contributed by atoms with Crippen LogP contribution in [-0.2, 0) is 4.79 Å². The van der Waals surface area contributed by atoms with Crippen molar-refractivity contribution in [2.24, 2.45) is 16.3 Å². The van der Waals surface area contributed by atoms with E-state index in [1.807, 2.05) is 20.8 Å². The first kappa shape index (κ1) is 21.7. The average Bonchev–Trinajstić information content (AvgIpc) is 2.58. The molecule has 0 aliphatic carbocycles. The zero-order chi connectivity index (χ0) is 18.7. The lowest BCUT2D eigenvalue weighted by molar-refractivity contribution is -0.128. The van der Waals surface area contributed by atoms with Crippen LogP contribution in [-0.4, -0.2) is 62.6 Å². The van der Waals surface area contributed by atoms with Crippen LogP contribution in [0.3, 0.4) is 0 Å². The summed E-state index contributed by atoms with van der Waals surface area (Å²) >= 11 is 0. The molecule has 3 N–H and O–H groups in total. The molecule has 6 heteroatoms. The predicted octanol–water partition coefficient (Wildman–Crippen LogP) is 1.83. The molecule has 1 aliphatic rings. The second-order valence-corrected chi connectivity index (χ2v) is 7.74. The number of likely N-dealkylation sites (tertiary alicyclic amines) is 1. The molecule has 0 aromatic heterocycles. The molecule has 0 radical (unpaired) electrons. The molecule has 0 unspecified atom stereocenters. The van der Waals surface area contributed by atoms with Crippen LogP contribution in [0.2, 0.25) is 0 Å². The van der Waals surface area contributed by atoms with Gasteiger partial charge in [0, 0.05) is 19.6 Å². The molecular formula is C19H39N5O. The van der Waals surface area contributed by atoms with Crippen LogP contribution in [0.25, 0.3) is 0 Å². The summed E-state index contributed by atoms with van der Waals surface area (Å²) in [5.41, 5.74) is -0.497. The molecule has 1 fully saturated rings. The van der Waals surface area contributed by atoms with Crippen LogP contribution in [0.1, 0.15) is 53.9 Å². The highest BCUT2D eigenvalue weighted by molar-refractivity contribution is 5.83. The van der Waals surface area contributed by atoms with Crippen LogP contribution in [0.4, 0.5) is 0 Å². The Morgan fingerprint density at radius 2 is 1.76 bits per heavy atom. The summed E-state index contributed by atoms with van der Waals surface area (Å²) in [5, 5.41) is 9.54. The maximum atomic E-state index is 12.1. The van der Waals surface area contributed by atoms with Crippen LogP contribution in [0.5, 0.6) is 0 Å². The third kappa shape index (κ3) is 8.56. The van der Waals surface area contributed by atoms with Gasteiger partial charge in [-0.25, -0.2) is 0 Å². The summed E-state index contributed by atoms with van der Waals surface area (Å²) in [4.78, 5) is 19.2. The number of carbonyl (C=O) groups excluding carboxylic acids is 1. The van der Waals surface area contributed by atoms with Gasteiger partial charge >= 0.3 is 0 Å². The van der Waals surface area contributed by atoms with Crippen molar-refractivity contribution in [3.8, 4) is 0 Å². The van der Waals surface area contributed by atoms with Crippen LogP contribution in [0.15, 0.2) is 4.99 Å². The molecule has 1 heterocycles. The van der Waals surface area contributed by atoms with Gasteiger partial charge in [0.15, 0.2) is 5.96 Å². The number of rotatable bonds is 9. The minimum absolute atomic E-state index is 0.0499. The summed E-state index contributed by atoms with van der Waals surface area (Å²) in [6, 6.07) is 0. The van der Waals surface area contributed by atoms with E-state index in [0.29, 0.717) is 13.1 Å². The van der Waals surface area contributed by atoms with Crippen molar-refractivity contribution in [2.75, 3.05) is 45.8 Å². The fraction of sp³-hybridized carbons (Fsp3) is 0.895. The van der Waals surface area contributed by atoms with E-state index in [9.17, 15) is 4.79 Å². The summed E-state index contributed by atoms with van der Waals surface area (Å²) in [6.07, 6.45) is 3.76. The first-order chi connectivity index (χ1) is 11.9. The maximum Gasteiger partial charge on any atom is 0.227 e. The quantitative estimate of drug-likeness (QED) is 0.336. The van der Waals surface area contributed by atoms with E-state index in [0.717, 1.165) is 37.9 Å². The Kier molecular flexibility index (Phi) is 9.86. The van der Waals surface area contributed by atoms with Gasteiger partial charge in [-0.3, -0.25) is 9.79 Å². The fourth-order valence-electron chi connectivity index (χ4n) is 2.89. The number of carbonyl (C=O) groups is 1. The van der Waals surface area contributed by atoms with Crippen molar-refractivity contribution in [3.63, 3.8) is 0 Å². The fourth-order valence-corrected chi connectivity index (χ4v) is 2.89. The largest absolute Gasteiger partial charge is 0.357 e. The lowest BCUT2D eigenvalue weighted by Gasteiger charge is -2.30. The molecule has 1 aliphatic heterocycles. The van der Waals surface area contributed by atoms with Gasteiger partial charge in [-0.1, -0.05) is 6.92 Å². The number of hydrogen-bond acceptors (Lipinski definition) is 3. The molecule has 0 saturated carbocycles. The molecule has 0 aromatic rings. The minimum atomic E-state index is -0.497. The van der Waals surface area contributed by atoms with Gasteiger partial charge in [-0.2, -0.15) is 0 Å². The van der Waals surface area contributed by atoms with Crippen molar-refractivity contribution in [2.45, 2.75) is 53.9 Å². The third-order valence-corrected chi connectivity index (χ3v) is 4.75. The summed E-state index contributed by atoms with van der Waals surface area (Å²) in [5.74, 6) is 1.73. The molecule has 146 valence electrons. The number of nitrogens with one attached hydrogen (secondary N) is 3. The van der Waals surface area contributed by atoms with Crippen LogP contribution in [0, 0.1) is 11.3 Å². The van der Waals surface area contributed by atoms with Gasteiger partial charge in [-0.15, -0.1) is 0 Å². The van der Waals surface area contributed by atoms with Gasteiger partial charge in [0.1, 0.15) is 0 Å². The van der Waals surface area contributed by atoms with E-state index in [2.05, 4.69) is 39.7 Å². The molecule has 1 amide bonds. The first-order valence-corrected chi connectivity index (χ1v) is 9.91. The van der Waals surface area contributed by atoms with Crippen molar-refractivity contribution < 1.29 is 4.79 Å². The van der Waals surface area contributed by atoms with Crippen LogP contribution >= 0.6 is 0 Å². The van der Waals surface area contributed by atoms with E-state index in [1.54, 1.807) is 0 Å². The lowest BCUT2D eigenvalue weighted by Crippen LogP contribution is -2.42. The number of amides is 1. The van der Waals surface area contributed by atoms with Crippen molar-refractivity contribution >= 4 is 11.9 Å². The molecule has 0 spiro atoms. The second-order valence-electron chi connectivity index (χ2n) is 7.74. The van der Waals surface area contributed by atoms with Gasteiger partial charge in [0.05, 0.1) is 12.0 Å². The third-order valence-electron chi connectivity index (χ3n) is 4.75. The van der Waals surface area contributed by atoms with E-state index in [1.165, 1.54) is 25.9 Å². The molecule has 0 aromatic carbocycles. The normalized spacial score (nSPS) is 17.4. The molecule has 1 saturated heterocycles. The number of nitrogens with zero attached hydrogens (tertiary/aromatic N) is 2. The highest BCUT2D eigenvalue weighted by Crippen LogP contribution is 2.16. The summed E-state index contributed by atoms with van der Waals surface area (Å²) in [6.45, 7) is 16.7. The van der Waals surface area contributed by atoms with Crippen molar-refractivity contribution in [1.82, 2.24) is 20.9 Å². The molecule has 0 bridgehead atoms. The standard InChI is InChI=1S/C19H39N5O/c1-6-20-17(25)19(4,5)15-23-18(21-7-2)22-11-8-12-24-13-9-16(3)10-14-24/h16H,6-15H2,1-5H3,(H,20,25)(H2,21,22,23). The molecule has 6 nitrogen and oxygen atoms in total. The molecular weight excluding hydrogens is 314 g/mol. The summed E-state index contributed by atoms with van der Waals surface area (Å²) < 4.78 is 0. The summed E-state index contributed by atoms with van der Waals surface area (Å²) in [7, 11) is 0. The number of guanidine groups is 1. The number of aliphatic imine (C=N–C) groups is 1.